The minimum absolute atomic E-state index is 0.0511. The molecular formula is C24H22N2O2S. The molecule has 0 spiro atoms. The molecule has 0 aliphatic heterocycles. The molecule has 4 rings (SSSR count). The van der Waals surface area contributed by atoms with Gasteiger partial charge in [-0.2, -0.15) is 0 Å². The molecule has 0 fully saturated rings. The van der Waals surface area contributed by atoms with Gasteiger partial charge in [0.2, 0.25) is 0 Å². The highest BCUT2D eigenvalue weighted by Gasteiger charge is 2.07. The van der Waals surface area contributed by atoms with Gasteiger partial charge in [0.05, 0.1) is 15.2 Å². The van der Waals surface area contributed by atoms with Crippen molar-refractivity contribution >= 4 is 27.5 Å². The number of ether oxygens (including phenoxy) is 1. The van der Waals surface area contributed by atoms with Crippen LogP contribution in [-0.4, -0.2) is 17.4 Å². The Labute approximate surface area is 174 Å². The van der Waals surface area contributed by atoms with Crippen LogP contribution in [0.4, 0.5) is 0 Å². The summed E-state index contributed by atoms with van der Waals surface area (Å²) in [6, 6.07) is 25.4. The average molecular weight is 403 g/mol. The molecule has 146 valence electrons. The molecule has 3 aromatic carbocycles. The van der Waals surface area contributed by atoms with Crippen molar-refractivity contribution in [1.82, 2.24) is 10.3 Å². The van der Waals surface area contributed by atoms with Crippen molar-refractivity contribution in [3.05, 3.63) is 95.0 Å². The van der Waals surface area contributed by atoms with Crippen LogP contribution in [0.2, 0.25) is 0 Å². The van der Waals surface area contributed by atoms with Gasteiger partial charge in [0.1, 0.15) is 12.4 Å². The number of para-hydroxylation sites is 2. The Morgan fingerprint density at radius 2 is 1.69 bits per heavy atom. The van der Waals surface area contributed by atoms with Crippen molar-refractivity contribution in [1.29, 1.82) is 0 Å². The molecule has 0 unspecified atom stereocenters. The molecule has 1 amide bonds. The third-order valence-corrected chi connectivity index (χ3v) is 5.65. The molecule has 5 heteroatoms. The zero-order chi connectivity index (χ0) is 19.9. The lowest BCUT2D eigenvalue weighted by atomic mass is 10.1. The summed E-state index contributed by atoms with van der Waals surface area (Å²) in [6.45, 7) is 1.11. The van der Waals surface area contributed by atoms with Crippen LogP contribution >= 0.6 is 11.3 Å². The number of thiazole rings is 1. The highest BCUT2D eigenvalue weighted by molar-refractivity contribution is 7.18. The Bertz CT molecular complexity index is 1040. The molecule has 0 saturated heterocycles. The summed E-state index contributed by atoms with van der Waals surface area (Å²) in [5.74, 6) is 0.785. The SMILES string of the molecule is O=C(NCCCc1nc2ccccc2s1)c1ccc(COc2ccccc2)cc1. The van der Waals surface area contributed by atoms with E-state index in [2.05, 4.69) is 16.4 Å². The van der Waals surface area contributed by atoms with Crippen molar-refractivity contribution in [2.24, 2.45) is 0 Å². The van der Waals surface area contributed by atoms with Crippen LogP contribution in [-0.2, 0) is 13.0 Å². The number of benzene rings is 3. The van der Waals surface area contributed by atoms with Crippen molar-refractivity contribution in [2.45, 2.75) is 19.4 Å². The minimum atomic E-state index is -0.0511. The van der Waals surface area contributed by atoms with Crippen LogP contribution < -0.4 is 10.1 Å². The van der Waals surface area contributed by atoms with E-state index in [1.165, 1.54) is 4.70 Å². The van der Waals surface area contributed by atoms with E-state index in [4.69, 9.17) is 4.74 Å². The number of fused-ring (bicyclic) bond motifs is 1. The van der Waals surface area contributed by atoms with E-state index in [9.17, 15) is 4.79 Å². The molecule has 1 heterocycles. The average Bonchev–Trinajstić information content (AvgIpc) is 3.19. The summed E-state index contributed by atoms with van der Waals surface area (Å²) in [4.78, 5) is 17.0. The van der Waals surface area contributed by atoms with Gasteiger partial charge in [-0.05, 0) is 48.4 Å². The fourth-order valence-electron chi connectivity index (χ4n) is 3.01. The molecule has 0 bridgehead atoms. The van der Waals surface area contributed by atoms with Crippen LogP contribution in [0, 0.1) is 0 Å². The second kappa shape index (κ2) is 9.34. The van der Waals surface area contributed by atoms with Crippen molar-refractivity contribution in [3.63, 3.8) is 0 Å². The third-order valence-electron chi connectivity index (χ3n) is 4.56. The molecule has 0 aliphatic rings. The lowest BCUT2D eigenvalue weighted by Crippen LogP contribution is -2.24. The van der Waals surface area contributed by atoms with E-state index in [0.717, 1.165) is 34.7 Å². The van der Waals surface area contributed by atoms with Gasteiger partial charge in [-0.15, -0.1) is 11.3 Å². The monoisotopic (exact) mass is 402 g/mol. The Balaban J connectivity index is 1.22. The zero-order valence-electron chi connectivity index (χ0n) is 16.0. The highest BCUT2D eigenvalue weighted by Crippen LogP contribution is 2.22. The van der Waals surface area contributed by atoms with Crippen LogP contribution in [0.3, 0.4) is 0 Å². The number of carbonyl (C=O) groups excluding carboxylic acids is 1. The van der Waals surface area contributed by atoms with Gasteiger partial charge in [-0.1, -0.05) is 42.5 Å². The number of nitrogens with zero attached hydrogens (tertiary/aromatic N) is 1. The van der Waals surface area contributed by atoms with Crippen molar-refractivity contribution in [2.75, 3.05) is 6.54 Å². The maximum absolute atomic E-state index is 12.3. The molecule has 0 saturated carbocycles. The fraction of sp³-hybridized carbons (Fsp3) is 0.167. The number of hydrogen-bond acceptors (Lipinski definition) is 4. The second-order valence-corrected chi connectivity index (χ2v) is 7.85. The van der Waals surface area contributed by atoms with Crippen molar-refractivity contribution < 1.29 is 9.53 Å². The highest BCUT2D eigenvalue weighted by atomic mass is 32.1. The number of carbonyl (C=O) groups is 1. The normalized spacial score (nSPS) is 10.8. The number of amides is 1. The van der Waals surface area contributed by atoms with E-state index in [-0.39, 0.29) is 5.91 Å². The maximum atomic E-state index is 12.3. The van der Waals surface area contributed by atoms with E-state index in [1.807, 2.05) is 72.8 Å². The first-order valence-corrected chi connectivity index (χ1v) is 10.5. The summed E-state index contributed by atoms with van der Waals surface area (Å²) >= 11 is 1.72. The Morgan fingerprint density at radius 1 is 0.931 bits per heavy atom. The number of aromatic nitrogens is 1. The quantitative estimate of drug-likeness (QED) is 0.410. The van der Waals surface area contributed by atoms with E-state index in [1.54, 1.807) is 11.3 Å². The maximum Gasteiger partial charge on any atom is 0.251 e. The summed E-state index contributed by atoms with van der Waals surface area (Å²) < 4.78 is 6.94. The van der Waals surface area contributed by atoms with Gasteiger partial charge in [0, 0.05) is 18.5 Å². The smallest absolute Gasteiger partial charge is 0.251 e. The standard InChI is InChI=1S/C24H22N2O2S/c27-24(25-16-6-11-23-26-21-9-4-5-10-22(21)29-23)19-14-12-18(13-15-19)17-28-20-7-2-1-3-8-20/h1-5,7-10,12-15H,6,11,16-17H2,(H,25,27). The van der Waals surface area contributed by atoms with Crippen LogP contribution in [0.5, 0.6) is 5.75 Å². The molecule has 0 aliphatic carbocycles. The summed E-state index contributed by atoms with van der Waals surface area (Å²) in [6.07, 6.45) is 1.74. The Kier molecular flexibility index (Phi) is 6.17. The number of rotatable bonds is 8. The second-order valence-electron chi connectivity index (χ2n) is 6.73. The summed E-state index contributed by atoms with van der Waals surface area (Å²) in [5, 5.41) is 4.10. The first kappa shape index (κ1) is 19.2. The van der Waals surface area contributed by atoms with E-state index in [0.29, 0.717) is 18.7 Å². The molecule has 0 radical (unpaired) electrons. The minimum Gasteiger partial charge on any atom is -0.489 e. The lowest BCUT2D eigenvalue weighted by Gasteiger charge is -2.08. The molecule has 0 atom stereocenters. The third kappa shape index (κ3) is 5.21. The predicted octanol–water partition coefficient (Wildman–Crippen LogP) is 5.24. The Hall–Kier alpha value is -3.18. The number of hydrogen-bond donors (Lipinski definition) is 1. The van der Waals surface area contributed by atoms with Gasteiger partial charge in [-0.3, -0.25) is 4.79 Å². The predicted molar refractivity (Wildman–Crippen MR) is 117 cm³/mol. The van der Waals surface area contributed by atoms with Crippen LogP contribution in [0.1, 0.15) is 27.3 Å². The van der Waals surface area contributed by atoms with E-state index < -0.39 is 0 Å². The number of nitrogens with one attached hydrogen (secondary N) is 1. The van der Waals surface area contributed by atoms with Crippen LogP contribution in [0.15, 0.2) is 78.9 Å². The first-order chi connectivity index (χ1) is 14.3. The van der Waals surface area contributed by atoms with Crippen molar-refractivity contribution in [3.8, 4) is 5.75 Å². The van der Waals surface area contributed by atoms with E-state index >= 15 is 0 Å². The molecule has 4 nitrogen and oxygen atoms in total. The van der Waals surface area contributed by atoms with Gasteiger partial charge in [0.25, 0.3) is 5.91 Å². The first-order valence-electron chi connectivity index (χ1n) is 9.67. The Morgan fingerprint density at radius 3 is 2.48 bits per heavy atom. The fourth-order valence-corrected chi connectivity index (χ4v) is 4.02. The topological polar surface area (TPSA) is 51.2 Å². The number of aryl methyl sites for hydroxylation is 1. The van der Waals surface area contributed by atoms with Gasteiger partial charge < -0.3 is 10.1 Å². The molecule has 1 N–H and O–H groups in total. The van der Waals surface area contributed by atoms with Gasteiger partial charge in [0.15, 0.2) is 0 Å². The van der Waals surface area contributed by atoms with Crippen LogP contribution in [0.25, 0.3) is 10.2 Å². The van der Waals surface area contributed by atoms with Gasteiger partial charge >= 0.3 is 0 Å². The molecule has 29 heavy (non-hydrogen) atoms. The molecular weight excluding hydrogens is 380 g/mol. The summed E-state index contributed by atoms with van der Waals surface area (Å²) in [7, 11) is 0. The molecule has 4 aromatic rings. The molecule has 1 aromatic heterocycles. The zero-order valence-corrected chi connectivity index (χ0v) is 16.8. The summed E-state index contributed by atoms with van der Waals surface area (Å²) in [5.41, 5.74) is 2.74. The van der Waals surface area contributed by atoms with Gasteiger partial charge in [-0.25, -0.2) is 4.98 Å². The lowest BCUT2D eigenvalue weighted by molar-refractivity contribution is 0.0953. The largest absolute Gasteiger partial charge is 0.489 e.